The molecule has 0 unspecified atom stereocenters. The first-order valence-electron chi connectivity index (χ1n) is 8.73. The van der Waals surface area contributed by atoms with Crippen molar-refractivity contribution in [1.82, 2.24) is 0 Å². The summed E-state index contributed by atoms with van der Waals surface area (Å²) in [5.41, 5.74) is 2.83. The van der Waals surface area contributed by atoms with E-state index in [9.17, 15) is 9.59 Å². The Bertz CT molecular complexity index is 809. The Labute approximate surface area is 148 Å². The number of nitrogens with zero attached hydrogens (tertiary/aromatic N) is 1. The highest BCUT2D eigenvalue weighted by Crippen LogP contribution is 2.48. The van der Waals surface area contributed by atoms with E-state index in [-0.39, 0.29) is 11.8 Å². The molecule has 1 N–H and O–H groups in total. The van der Waals surface area contributed by atoms with Crippen LogP contribution in [0.1, 0.15) is 30.9 Å². The average molecular weight is 336 g/mol. The lowest BCUT2D eigenvalue weighted by molar-refractivity contribution is -0.132. The van der Waals surface area contributed by atoms with Gasteiger partial charge in [0.2, 0.25) is 11.8 Å². The van der Waals surface area contributed by atoms with Crippen molar-refractivity contribution >= 4 is 23.2 Å². The highest BCUT2D eigenvalue weighted by Gasteiger charge is 2.58. The van der Waals surface area contributed by atoms with E-state index in [2.05, 4.69) is 5.32 Å². The summed E-state index contributed by atoms with van der Waals surface area (Å²) in [6.45, 7) is 6.46. The number of hydrogen-bond donors (Lipinski definition) is 1. The van der Waals surface area contributed by atoms with Gasteiger partial charge in [-0.25, -0.2) is 0 Å². The summed E-state index contributed by atoms with van der Waals surface area (Å²) in [7, 11) is 0. The quantitative estimate of drug-likeness (QED) is 0.837. The van der Waals surface area contributed by atoms with Crippen LogP contribution in [0.2, 0.25) is 0 Å². The third kappa shape index (κ3) is 3.43. The van der Waals surface area contributed by atoms with Crippen LogP contribution < -0.4 is 10.2 Å². The second-order valence-electron chi connectivity index (χ2n) is 6.79. The average Bonchev–Trinajstić information content (AvgIpc) is 3.37. The lowest BCUT2D eigenvalue weighted by Crippen LogP contribution is -2.43. The first-order chi connectivity index (χ1) is 12.0. The summed E-state index contributed by atoms with van der Waals surface area (Å²) in [6.07, 6.45) is 1.21. The molecule has 1 aliphatic rings. The van der Waals surface area contributed by atoms with E-state index >= 15 is 0 Å². The van der Waals surface area contributed by atoms with Gasteiger partial charge in [-0.1, -0.05) is 24.3 Å². The van der Waals surface area contributed by atoms with Crippen LogP contribution >= 0.6 is 0 Å². The van der Waals surface area contributed by atoms with Crippen molar-refractivity contribution in [2.45, 2.75) is 33.6 Å². The molecule has 0 aliphatic heterocycles. The molecule has 4 nitrogen and oxygen atoms in total. The van der Waals surface area contributed by atoms with Crippen molar-refractivity contribution in [3.63, 3.8) is 0 Å². The fourth-order valence-electron chi connectivity index (χ4n) is 3.13. The van der Waals surface area contributed by atoms with Gasteiger partial charge in [-0.15, -0.1) is 0 Å². The molecule has 0 aromatic heterocycles. The topological polar surface area (TPSA) is 49.4 Å². The summed E-state index contributed by atoms with van der Waals surface area (Å²) >= 11 is 0. The Hall–Kier alpha value is -2.62. The van der Waals surface area contributed by atoms with E-state index in [4.69, 9.17) is 0 Å². The molecule has 0 atom stereocenters. The van der Waals surface area contributed by atoms with Crippen LogP contribution in [-0.2, 0) is 9.59 Å². The van der Waals surface area contributed by atoms with E-state index in [0.717, 1.165) is 22.5 Å². The lowest BCUT2D eigenvalue weighted by atomic mass is 10.0. The third-order valence-electron chi connectivity index (χ3n) is 4.74. The molecule has 1 fully saturated rings. The van der Waals surface area contributed by atoms with Crippen LogP contribution in [0.25, 0.3) is 0 Å². The molecule has 2 aromatic rings. The third-order valence-corrected chi connectivity index (χ3v) is 4.74. The first kappa shape index (κ1) is 17.2. The Kier molecular flexibility index (Phi) is 4.62. The molecule has 0 heterocycles. The molecule has 4 heteroatoms. The number of amides is 2. The van der Waals surface area contributed by atoms with Gasteiger partial charge in [0.15, 0.2) is 0 Å². The molecule has 3 rings (SSSR count). The minimum Gasteiger partial charge on any atom is -0.325 e. The molecular weight excluding hydrogens is 312 g/mol. The molecule has 25 heavy (non-hydrogen) atoms. The fourth-order valence-corrected chi connectivity index (χ4v) is 3.13. The van der Waals surface area contributed by atoms with Crippen molar-refractivity contribution in [2.75, 3.05) is 16.8 Å². The van der Waals surface area contributed by atoms with Crippen LogP contribution in [0, 0.1) is 19.3 Å². The number of nitrogens with one attached hydrogen (secondary N) is 1. The van der Waals surface area contributed by atoms with Gasteiger partial charge in [0, 0.05) is 17.9 Å². The van der Waals surface area contributed by atoms with Crippen molar-refractivity contribution in [1.29, 1.82) is 0 Å². The highest BCUT2D eigenvalue weighted by molar-refractivity contribution is 6.17. The summed E-state index contributed by atoms with van der Waals surface area (Å²) < 4.78 is 0. The van der Waals surface area contributed by atoms with Gasteiger partial charge in [-0.2, -0.15) is 0 Å². The fraction of sp³-hybridized carbons (Fsp3) is 0.333. The Morgan fingerprint density at radius 2 is 1.68 bits per heavy atom. The van der Waals surface area contributed by atoms with E-state index in [1.54, 1.807) is 4.90 Å². The summed E-state index contributed by atoms with van der Waals surface area (Å²) in [6, 6.07) is 15.5. The maximum atomic E-state index is 13.1. The molecule has 0 spiro atoms. The van der Waals surface area contributed by atoms with Crippen LogP contribution in [0.3, 0.4) is 0 Å². The minimum atomic E-state index is -0.927. The maximum absolute atomic E-state index is 13.1. The Balaban J connectivity index is 1.81. The predicted octanol–water partition coefficient (Wildman–Crippen LogP) is 4.08. The summed E-state index contributed by atoms with van der Waals surface area (Å²) in [5.74, 6) is -0.306. The van der Waals surface area contributed by atoms with Gasteiger partial charge in [-0.05, 0) is 69.0 Å². The van der Waals surface area contributed by atoms with E-state index < -0.39 is 5.41 Å². The molecule has 0 saturated heterocycles. The molecule has 130 valence electrons. The number of rotatable bonds is 5. The summed E-state index contributed by atoms with van der Waals surface area (Å²) in [4.78, 5) is 27.7. The monoisotopic (exact) mass is 336 g/mol. The zero-order valence-corrected chi connectivity index (χ0v) is 15.0. The molecular formula is C21H24N2O2. The van der Waals surface area contributed by atoms with Crippen LogP contribution in [0.4, 0.5) is 11.4 Å². The van der Waals surface area contributed by atoms with Crippen molar-refractivity contribution in [2.24, 2.45) is 5.41 Å². The molecule has 1 saturated carbocycles. The van der Waals surface area contributed by atoms with Gasteiger partial charge in [0.1, 0.15) is 5.41 Å². The highest BCUT2D eigenvalue weighted by atomic mass is 16.2. The van der Waals surface area contributed by atoms with Crippen LogP contribution in [0.5, 0.6) is 0 Å². The summed E-state index contributed by atoms with van der Waals surface area (Å²) in [5, 5.41) is 2.92. The lowest BCUT2D eigenvalue weighted by Gasteiger charge is -2.26. The number of anilines is 2. The first-order valence-corrected chi connectivity index (χ1v) is 8.73. The van der Waals surface area contributed by atoms with Crippen molar-refractivity contribution < 1.29 is 9.59 Å². The van der Waals surface area contributed by atoms with Crippen LogP contribution in [-0.4, -0.2) is 18.4 Å². The number of carbonyl (C=O) groups is 2. The Morgan fingerprint density at radius 1 is 1.04 bits per heavy atom. The zero-order chi connectivity index (χ0) is 18.0. The van der Waals surface area contributed by atoms with Gasteiger partial charge < -0.3 is 10.2 Å². The van der Waals surface area contributed by atoms with E-state index in [1.165, 1.54) is 0 Å². The smallest absolute Gasteiger partial charge is 0.242 e. The molecule has 2 aromatic carbocycles. The standard InChI is InChI=1S/C21H24N2O2/c1-4-23(18-10-6-8-16(3)14-18)20(25)21(11-12-21)19(24)22-17-9-5-7-15(2)13-17/h5-10,13-14H,4,11-12H2,1-3H3,(H,22,24). The van der Waals surface area contributed by atoms with Crippen molar-refractivity contribution in [3.8, 4) is 0 Å². The predicted molar refractivity (Wildman–Crippen MR) is 101 cm³/mol. The normalized spacial score (nSPS) is 14.7. The second-order valence-corrected chi connectivity index (χ2v) is 6.79. The minimum absolute atomic E-state index is 0.106. The number of aryl methyl sites for hydroxylation is 2. The largest absolute Gasteiger partial charge is 0.325 e. The number of hydrogen-bond acceptors (Lipinski definition) is 2. The zero-order valence-electron chi connectivity index (χ0n) is 15.0. The van der Waals surface area contributed by atoms with E-state index in [0.29, 0.717) is 19.4 Å². The Morgan fingerprint density at radius 3 is 2.24 bits per heavy atom. The SMILES string of the molecule is CCN(C(=O)C1(C(=O)Nc2cccc(C)c2)CC1)c1cccc(C)c1. The van der Waals surface area contributed by atoms with Gasteiger partial charge >= 0.3 is 0 Å². The molecule has 0 radical (unpaired) electrons. The molecule has 1 aliphatic carbocycles. The second kappa shape index (κ2) is 6.71. The van der Waals surface area contributed by atoms with E-state index in [1.807, 2.05) is 69.3 Å². The van der Waals surface area contributed by atoms with Gasteiger partial charge in [0.25, 0.3) is 0 Å². The maximum Gasteiger partial charge on any atom is 0.242 e. The number of carbonyl (C=O) groups excluding carboxylic acids is 2. The van der Waals surface area contributed by atoms with Gasteiger partial charge in [0.05, 0.1) is 0 Å². The van der Waals surface area contributed by atoms with Gasteiger partial charge in [-0.3, -0.25) is 9.59 Å². The molecule has 2 amide bonds. The van der Waals surface area contributed by atoms with Crippen LogP contribution in [0.15, 0.2) is 48.5 Å². The number of benzene rings is 2. The molecule has 0 bridgehead atoms. The van der Waals surface area contributed by atoms with Crippen molar-refractivity contribution in [3.05, 3.63) is 59.7 Å².